The maximum Gasteiger partial charge on any atom is 0.248 e. The van der Waals surface area contributed by atoms with Crippen molar-refractivity contribution >= 4 is 41.5 Å². The Labute approximate surface area is 196 Å². The van der Waals surface area contributed by atoms with E-state index < -0.39 is 0 Å². The molecule has 3 rings (SSSR count). The minimum Gasteiger partial charge on any atom is -0.357 e. The predicted molar refractivity (Wildman–Crippen MR) is 133 cm³/mol. The van der Waals surface area contributed by atoms with Gasteiger partial charge in [-0.2, -0.15) is 5.10 Å². The van der Waals surface area contributed by atoms with E-state index in [0.717, 1.165) is 56.8 Å². The minimum atomic E-state index is 0. The number of hydrogen-bond acceptors (Lipinski definition) is 3. The van der Waals surface area contributed by atoms with Gasteiger partial charge in [-0.1, -0.05) is 18.2 Å². The Morgan fingerprint density at radius 1 is 1.23 bits per heavy atom. The smallest absolute Gasteiger partial charge is 0.248 e. The lowest BCUT2D eigenvalue weighted by Gasteiger charge is -2.29. The van der Waals surface area contributed by atoms with Gasteiger partial charge in [-0.05, 0) is 57.7 Å². The average Bonchev–Trinajstić information content (AvgIpc) is 3.05. The molecule has 0 atom stereocenters. The summed E-state index contributed by atoms with van der Waals surface area (Å²) in [7, 11) is 0. The largest absolute Gasteiger partial charge is 0.357 e. The SMILES string of the molecule is CCNC(=NCC(=O)N1CCCc2ccccc21)NCCCn1nc(C)cc1C.I. The Morgan fingerprint density at radius 2 is 2.03 bits per heavy atom. The molecule has 2 N–H and O–H groups in total. The summed E-state index contributed by atoms with van der Waals surface area (Å²) in [6, 6.07) is 10.2. The van der Waals surface area contributed by atoms with E-state index in [9.17, 15) is 4.79 Å². The third kappa shape index (κ3) is 6.45. The Bertz CT molecular complexity index is 863. The van der Waals surface area contributed by atoms with Gasteiger partial charge in [0.05, 0.1) is 5.69 Å². The van der Waals surface area contributed by atoms with Crippen LogP contribution in [0.25, 0.3) is 0 Å². The summed E-state index contributed by atoms with van der Waals surface area (Å²) in [6.45, 7) is 9.39. The first kappa shape index (κ1) is 24.2. The molecule has 30 heavy (non-hydrogen) atoms. The van der Waals surface area contributed by atoms with Crippen LogP contribution in [0.3, 0.4) is 0 Å². The molecule has 0 spiro atoms. The van der Waals surface area contributed by atoms with Gasteiger partial charge in [0.2, 0.25) is 5.91 Å². The topological polar surface area (TPSA) is 74.6 Å². The highest BCUT2D eigenvalue weighted by Gasteiger charge is 2.21. The van der Waals surface area contributed by atoms with Crippen LogP contribution in [0.1, 0.15) is 36.7 Å². The number of fused-ring (bicyclic) bond motifs is 1. The van der Waals surface area contributed by atoms with E-state index in [2.05, 4.69) is 39.8 Å². The molecule has 0 fully saturated rings. The van der Waals surface area contributed by atoms with Crippen molar-refractivity contribution < 1.29 is 4.79 Å². The number of halogens is 1. The first-order valence-corrected chi connectivity index (χ1v) is 10.5. The molecule has 0 saturated carbocycles. The van der Waals surface area contributed by atoms with E-state index >= 15 is 0 Å². The number of anilines is 1. The fourth-order valence-corrected chi connectivity index (χ4v) is 3.70. The summed E-state index contributed by atoms with van der Waals surface area (Å²) in [6.07, 6.45) is 2.96. The molecule has 1 aromatic carbocycles. The van der Waals surface area contributed by atoms with E-state index in [4.69, 9.17) is 0 Å². The van der Waals surface area contributed by atoms with E-state index in [1.807, 2.05) is 41.6 Å². The summed E-state index contributed by atoms with van der Waals surface area (Å²) >= 11 is 0. The van der Waals surface area contributed by atoms with E-state index in [-0.39, 0.29) is 36.4 Å². The van der Waals surface area contributed by atoms with Gasteiger partial charge in [-0.15, -0.1) is 24.0 Å². The summed E-state index contributed by atoms with van der Waals surface area (Å²) < 4.78 is 2.03. The molecule has 2 heterocycles. The number of aliphatic imine (C=N–C) groups is 1. The quantitative estimate of drug-likeness (QED) is 0.253. The van der Waals surface area contributed by atoms with Gasteiger partial charge < -0.3 is 15.5 Å². The van der Waals surface area contributed by atoms with Crippen LogP contribution in [0.5, 0.6) is 0 Å². The molecular formula is C22H33IN6O. The zero-order chi connectivity index (χ0) is 20.6. The number of rotatable bonds is 7. The molecule has 1 amide bonds. The fraction of sp³-hybridized carbons (Fsp3) is 0.500. The van der Waals surface area contributed by atoms with Crippen molar-refractivity contribution in [3.05, 3.63) is 47.3 Å². The molecule has 1 aliphatic rings. The van der Waals surface area contributed by atoms with Crippen molar-refractivity contribution in [2.45, 2.75) is 46.6 Å². The second kappa shape index (κ2) is 11.9. The summed E-state index contributed by atoms with van der Waals surface area (Å²) in [5.41, 5.74) is 4.49. The molecule has 7 nitrogen and oxygen atoms in total. The minimum absolute atomic E-state index is 0. The number of nitrogens with zero attached hydrogens (tertiary/aromatic N) is 4. The van der Waals surface area contributed by atoms with Gasteiger partial charge in [0.15, 0.2) is 5.96 Å². The third-order valence-corrected chi connectivity index (χ3v) is 5.07. The van der Waals surface area contributed by atoms with Gasteiger partial charge in [0, 0.05) is 37.6 Å². The van der Waals surface area contributed by atoms with E-state index in [1.165, 1.54) is 11.3 Å². The monoisotopic (exact) mass is 524 g/mol. The lowest BCUT2D eigenvalue weighted by atomic mass is 10.0. The molecule has 0 aliphatic carbocycles. The van der Waals surface area contributed by atoms with Crippen molar-refractivity contribution in [1.29, 1.82) is 0 Å². The predicted octanol–water partition coefficient (Wildman–Crippen LogP) is 3.04. The molecule has 0 radical (unpaired) electrons. The van der Waals surface area contributed by atoms with Crippen molar-refractivity contribution in [3.63, 3.8) is 0 Å². The van der Waals surface area contributed by atoms with Gasteiger partial charge in [-0.3, -0.25) is 9.48 Å². The molecule has 8 heteroatoms. The molecule has 1 aromatic heterocycles. The van der Waals surface area contributed by atoms with Gasteiger partial charge >= 0.3 is 0 Å². The standard InChI is InChI=1S/C22H32N6O.HI/c1-4-23-22(24-12-8-14-28-18(3)15-17(2)26-28)25-16-21(29)27-13-7-10-19-9-5-6-11-20(19)27;/h5-6,9,11,15H,4,7-8,10,12-14,16H2,1-3H3,(H2,23,24,25);1H. The molecular weight excluding hydrogens is 491 g/mol. The first-order valence-electron chi connectivity index (χ1n) is 10.5. The Morgan fingerprint density at radius 3 is 2.77 bits per heavy atom. The van der Waals surface area contributed by atoms with Crippen LogP contribution in [0.4, 0.5) is 5.69 Å². The van der Waals surface area contributed by atoms with Crippen molar-refractivity contribution in [3.8, 4) is 0 Å². The maximum atomic E-state index is 12.8. The lowest BCUT2D eigenvalue weighted by Crippen LogP contribution is -2.41. The number of aryl methyl sites for hydroxylation is 4. The van der Waals surface area contributed by atoms with Gasteiger partial charge in [0.1, 0.15) is 6.54 Å². The highest BCUT2D eigenvalue weighted by Crippen LogP contribution is 2.26. The normalized spacial score (nSPS) is 13.4. The lowest BCUT2D eigenvalue weighted by molar-refractivity contribution is -0.117. The molecule has 0 bridgehead atoms. The molecule has 0 saturated heterocycles. The number of guanidine groups is 1. The summed E-state index contributed by atoms with van der Waals surface area (Å²) in [4.78, 5) is 19.2. The zero-order valence-electron chi connectivity index (χ0n) is 18.1. The third-order valence-electron chi connectivity index (χ3n) is 5.07. The van der Waals surface area contributed by atoms with Crippen LogP contribution in [0.15, 0.2) is 35.3 Å². The van der Waals surface area contributed by atoms with Crippen LogP contribution < -0.4 is 15.5 Å². The van der Waals surface area contributed by atoms with Crippen molar-refractivity contribution in [2.75, 3.05) is 31.1 Å². The molecule has 164 valence electrons. The van der Waals surface area contributed by atoms with Crippen LogP contribution >= 0.6 is 24.0 Å². The highest BCUT2D eigenvalue weighted by atomic mass is 127. The number of nitrogens with one attached hydrogen (secondary N) is 2. The summed E-state index contributed by atoms with van der Waals surface area (Å²) in [5, 5.41) is 11.0. The number of amides is 1. The number of aromatic nitrogens is 2. The highest BCUT2D eigenvalue weighted by molar-refractivity contribution is 14.0. The van der Waals surface area contributed by atoms with Gasteiger partial charge in [0.25, 0.3) is 0 Å². The fourth-order valence-electron chi connectivity index (χ4n) is 3.70. The summed E-state index contributed by atoms with van der Waals surface area (Å²) in [5.74, 6) is 0.719. The molecule has 0 unspecified atom stereocenters. The van der Waals surface area contributed by atoms with Crippen LogP contribution in [-0.4, -0.2) is 47.8 Å². The second-order valence-electron chi connectivity index (χ2n) is 7.40. The maximum absolute atomic E-state index is 12.8. The van der Waals surface area contributed by atoms with Crippen molar-refractivity contribution in [2.24, 2.45) is 4.99 Å². The van der Waals surface area contributed by atoms with Crippen molar-refractivity contribution in [1.82, 2.24) is 20.4 Å². The zero-order valence-corrected chi connectivity index (χ0v) is 20.5. The molecule has 2 aromatic rings. The number of hydrogen-bond donors (Lipinski definition) is 2. The van der Waals surface area contributed by atoms with Crippen LogP contribution in [0, 0.1) is 13.8 Å². The number of para-hydroxylation sites is 1. The van der Waals surface area contributed by atoms with E-state index in [0.29, 0.717) is 5.96 Å². The van der Waals surface area contributed by atoms with Crippen LogP contribution in [-0.2, 0) is 17.8 Å². The Balaban J connectivity index is 0.00000320. The van der Waals surface area contributed by atoms with Gasteiger partial charge in [-0.25, -0.2) is 4.99 Å². The second-order valence-corrected chi connectivity index (χ2v) is 7.40. The van der Waals surface area contributed by atoms with E-state index in [1.54, 1.807) is 0 Å². The number of carbonyl (C=O) groups is 1. The number of benzene rings is 1. The Hall–Kier alpha value is -2.10. The average molecular weight is 524 g/mol. The first-order chi connectivity index (χ1) is 14.1. The Kier molecular flexibility index (Phi) is 9.61. The van der Waals surface area contributed by atoms with Crippen LogP contribution in [0.2, 0.25) is 0 Å². The molecule has 1 aliphatic heterocycles. The number of carbonyl (C=O) groups excluding carboxylic acids is 1.